The zero-order valence-corrected chi connectivity index (χ0v) is 15.7. The van der Waals surface area contributed by atoms with Crippen LogP contribution in [-0.4, -0.2) is 43.6 Å². The van der Waals surface area contributed by atoms with Crippen molar-refractivity contribution in [1.29, 1.82) is 0 Å². The first-order valence-electron chi connectivity index (χ1n) is 8.93. The van der Waals surface area contributed by atoms with E-state index in [1.165, 1.54) is 12.3 Å². The molecule has 0 bridgehead atoms. The van der Waals surface area contributed by atoms with Gasteiger partial charge in [0.2, 0.25) is 0 Å². The summed E-state index contributed by atoms with van der Waals surface area (Å²) in [7, 11) is 1.60. The van der Waals surface area contributed by atoms with E-state index in [-0.39, 0.29) is 17.5 Å². The Labute approximate surface area is 159 Å². The van der Waals surface area contributed by atoms with Gasteiger partial charge in [-0.15, -0.1) is 0 Å². The SMILES string of the molecule is CCCCNC(=O)c1cc(C(=O)NCCOc2ccc(OC)cc2)ccn1. The van der Waals surface area contributed by atoms with Crippen molar-refractivity contribution >= 4 is 11.8 Å². The van der Waals surface area contributed by atoms with E-state index >= 15 is 0 Å². The Balaban J connectivity index is 1.79. The maximum Gasteiger partial charge on any atom is 0.269 e. The molecule has 144 valence electrons. The summed E-state index contributed by atoms with van der Waals surface area (Å²) in [6, 6.07) is 10.3. The molecule has 1 aromatic heterocycles. The summed E-state index contributed by atoms with van der Waals surface area (Å²) < 4.78 is 10.6. The molecule has 2 rings (SSSR count). The van der Waals surface area contributed by atoms with Gasteiger partial charge < -0.3 is 20.1 Å². The van der Waals surface area contributed by atoms with Crippen molar-refractivity contribution in [2.24, 2.45) is 0 Å². The van der Waals surface area contributed by atoms with Gasteiger partial charge in [0.1, 0.15) is 23.8 Å². The first-order valence-corrected chi connectivity index (χ1v) is 8.93. The molecule has 0 saturated carbocycles. The molecule has 2 N–H and O–H groups in total. The lowest BCUT2D eigenvalue weighted by atomic mass is 10.2. The number of nitrogens with zero attached hydrogens (tertiary/aromatic N) is 1. The molecular weight excluding hydrogens is 346 g/mol. The van der Waals surface area contributed by atoms with E-state index in [0.717, 1.165) is 18.6 Å². The third-order valence-corrected chi connectivity index (χ3v) is 3.79. The van der Waals surface area contributed by atoms with Gasteiger partial charge in [-0.05, 0) is 42.8 Å². The van der Waals surface area contributed by atoms with Gasteiger partial charge in [-0.1, -0.05) is 13.3 Å². The first kappa shape index (κ1) is 20.2. The molecule has 7 nitrogen and oxygen atoms in total. The van der Waals surface area contributed by atoms with E-state index in [2.05, 4.69) is 15.6 Å². The molecule has 0 aliphatic rings. The predicted octanol–water partition coefficient (Wildman–Crippen LogP) is 2.43. The van der Waals surface area contributed by atoms with Crippen LogP contribution in [0.1, 0.15) is 40.6 Å². The van der Waals surface area contributed by atoms with Crippen LogP contribution in [0, 0.1) is 0 Å². The second kappa shape index (κ2) is 10.8. The molecule has 0 atom stereocenters. The highest BCUT2D eigenvalue weighted by Crippen LogP contribution is 2.16. The molecule has 2 aromatic rings. The van der Waals surface area contributed by atoms with E-state index in [4.69, 9.17) is 9.47 Å². The minimum atomic E-state index is -0.279. The van der Waals surface area contributed by atoms with Crippen LogP contribution in [0.2, 0.25) is 0 Å². The third-order valence-electron chi connectivity index (χ3n) is 3.79. The van der Waals surface area contributed by atoms with Crippen LogP contribution in [0.4, 0.5) is 0 Å². The van der Waals surface area contributed by atoms with E-state index < -0.39 is 0 Å². The number of ether oxygens (including phenoxy) is 2. The number of amides is 2. The molecular formula is C20H25N3O4. The van der Waals surface area contributed by atoms with Gasteiger partial charge >= 0.3 is 0 Å². The van der Waals surface area contributed by atoms with Crippen LogP contribution < -0.4 is 20.1 Å². The van der Waals surface area contributed by atoms with Gasteiger partial charge in [-0.2, -0.15) is 0 Å². The van der Waals surface area contributed by atoms with Crippen molar-refractivity contribution < 1.29 is 19.1 Å². The fourth-order valence-electron chi connectivity index (χ4n) is 2.27. The number of benzene rings is 1. The van der Waals surface area contributed by atoms with Gasteiger partial charge in [0, 0.05) is 18.3 Å². The smallest absolute Gasteiger partial charge is 0.269 e. The summed E-state index contributed by atoms with van der Waals surface area (Å²) >= 11 is 0. The fraction of sp³-hybridized carbons (Fsp3) is 0.350. The zero-order chi connectivity index (χ0) is 19.5. The number of hydrogen-bond acceptors (Lipinski definition) is 5. The second-order valence-electron chi connectivity index (χ2n) is 5.82. The molecule has 0 fully saturated rings. The molecule has 1 heterocycles. The Kier molecular flexibility index (Phi) is 8.09. The summed E-state index contributed by atoms with van der Waals surface area (Å²) in [5.41, 5.74) is 0.614. The van der Waals surface area contributed by atoms with E-state index in [9.17, 15) is 9.59 Å². The summed E-state index contributed by atoms with van der Waals surface area (Å²) in [5, 5.41) is 5.54. The van der Waals surface area contributed by atoms with Gasteiger partial charge in [0.05, 0.1) is 13.7 Å². The average molecular weight is 371 g/mol. The molecule has 2 amide bonds. The molecule has 7 heteroatoms. The highest BCUT2D eigenvalue weighted by atomic mass is 16.5. The van der Waals surface area contributed by atoms with Crippen LogP contribution in [0.3, 0.4) is 0 Å². The molecule has 0 saturated heterocycles. The normalized spacial score (nSPS) is 10.1. The van der Waals surface area contributed by atoms with Crippen molar-refractivity contribution in [2.45, 2.75) is 19.8 Å². The van der Waals surface area contributed by atoms with Gasteiger partial charge in [0.15, 0.2) is 0 Å². The Hall–Kier alpha value is -3.09. The van der Waals surface area contributed by atoms with Gasteiger partial charge in [-0.25, -0.2) is 0 Å². The van der Waals surface area contributed by atoms with Crippen molar-refractivity contribution in [3.8, 4) is 11.5 Å². The highest BCUT2D eigenvalue weighted by Gasteiger charge is 2.11. The van der Waals surface area contributed by atoms with Crippen LogP contribution in [0.25, 0.3) is 0 Å². The maximum absolute atomic E-state index is 12.2. The first-order chi connectivity index (χ1) is 13.1. The number of methoxy groups -OCH3 is 1. The molecule has 0 spiro atoms. The molecule has 0 aliphatic carbocycles. The monoisotopic (exact) mass is 371 g/mol. The van der Waals surface area contributed by atoms with Gasteiger partial charge in [0.25, 0.3) is 11.8 Å². The number of carbonyl (C=O) groups is 2. The molecule has 0 aliphatic heterocycles. The Morgan fingerprint density at radius 1 is 1.00 bits per heavy atom. The van der Waals surface area contributed by atoms with Crippen LogP contribution >= 0.6 is 0 Å². The third kappa shape index (κ3) is 6.62. The highest BCUT2D eigenvalue weighted by molar-refractivity contribution is 5.98. The average Bonchev–Trinajstić information content (AvgIpc) is 2.71. The lowest BCUT2D eigenvalue weighted by Crippen LogP contribution is -2.29. The molecule has 1 aromatic carbocycles. The number of rotatable bonds is 10. The molecule has 27 heavy (non-hydrogen) atoms. The largest absolute Gasteiger partial charge is 0.497 e. The summed E-state index contributed by atoms with van der Waals surface area (Å²) in [5.74, 6) is 0.891. The predicted molar refractivity (Wildman–Crippen MR) is 102 cm³/mol. The second-order valence-corrected chi connectivity index (χ2v) is 5.82. The minimum Gasteiger partial charge on any atom is -0.497 e. The van der Waals surface area contributed by atoms with Crippen molar-refractivity contribution in [2.75, 3.05) is 26.8 Å². The van der Waals surface area contributed by atoms with Crippen molar-refractivity contribution in [1.82, 2.24) is 15.6 Å². The Morgan fingerprint density at radius 2 is 1.70 bits per heavy atom. The van der Waals surface area contributed by atoms with E-state index in [0.29, 0.717) is 31.0 Å². The number of aromatic nitrogens is 1. The van der Waals surface area contributed by atoms with Crippen molar-refractivity contribution in [3.05, 3.63) is 53.9 Å². The fourth-order valence-corrected chi connectivity index (χ4v) is 2.27. The number of hydrogen-bond donors (Lipinski definition) is 2. The molecule has 0 unspecified atom stereocenters. The summed E-state index contributed by atoms with van der Waals surface area (Å²) in [6.07, 6.45) is 3.35. The number of carbonyl (C=O) groups excluding carboxylic acids is 2. The number of nitrogens with one attached hydrogen (secondary N) is 2. The van der Waals surface area contributed by atoms with E-state index in [1.807, 2.05) is 6.92 Å². The quantitative estimate of drug-likeness (QED) is 0.626. The van der Waals surface area contributed by atoms with Crippen LogP contribution in [0.5, 0.6) is 11.5 Å². The Morgan fingerprint density at radius 3 is 2.41 bits per heavy atom. The van der Waals surface area contributed by atoms with Crippen molar-refractivity contribution in [3.63, 3.8) is 0 Å². The standard InChI is InChI=1S/C20H25N3O4/c1-3-4-10-22-20(25)18-14-15(9-11-21-18)19(24)23-12-13-27-17-7-5-16(26-2)6-8-17/h5-9,11,14H,3-4,10,12-13H2,1-2H3,(H,22,25)(H,23,24). The maximum atomic E-state index is 12.2. The zero-order valence-electron chi connectivity index (χ0n) is 15.7. The number of unbranched alkanes of at least 4 members (excludes halogenated alkanes) is 1. The lowest BCUT2D eigenvalue weighted by Gasteiger charge is -2.09. The summed E-state index contributed by atoms with van der Waals surface area (Å²) in [4.78, 5) is 28.3. The van der Waals surface area contributed by atoms with Gasteiger partial charge in [-0.3, -0.25) is 14.6 Å². The van der Waals surface area contributed by atoms with Crippen LogP contribution in [-0.2, 0) is 0 Å². The molecule has 0 radical (unpaired) electrons. The topological polar surface area (TPSA) is 89.6 Å². The lowest BCUT2D eigenvalue weighted by molar-refractivity contribution is 0.0947. The number of pyridine rings is 1. The summed E-state index contributed by atoms with van der Waals surface area (Å²) in [6.45, 7) is 3.31. The Bertz CT molecular complexity index is 747. The minimum absolute atomic E-state index is 0.230. The van der Waals surface area contributed by atoms with E-state index in [1.54, 1.807) is 37.4 Å². The van der Waals surface area contributed by atoms with Crippen LogP contribution in [0.15, 0.2) is 42.6 Å².